The Morgan fingerprint density at radius 1 is 1.08 bits per heavy atom. The van der Waals surface area contributed by atoms with Crippen molar-refractivity contribution in [1.82, 2.24) is 15.5 Å². The van der Waals surface area contributed by atoms with Gasteiger partial charge in [-0.3, -0.25) is 14.7 Å². The van der Waals surface area contributed by atoms with E-state index in [1.807, 2.05) is 6.92 Å². The van der Waals surface area contributed by atoms with Gasteiger partial charge in [0.2, 0.25) is 0 Å². The number of hydrogen-bond acceptors (Lipinski definition) is 5. The molecule has 1 saturated heterocycles. The Balaban J connectivity index is 2.05. The van der Waals surface area contributed by atoms with E-state index in [2.05, 4.69) is 27.4 Å². The summed E-state index contributed by atoms with van der Waals surface area (Å²) in [6.07, 6.45) is 5.78. The zero-order chi connectivity index (χ0) is 18.9. The summed E-state index contributed by atoms with van der Waals surface area (Å²) in [6.45, 7) is 11.9. The molecule has 152 valence electrons. The molecule has 0 amide bonds. The summed E-state index contributed by atoms with van der Waals surface area (Å²) in [5.41, 5.74) is 0. The Hall–Kier alpha value is -1.34. The Labute approximate surface area is 158 Å². The molecule has 0 saturated carbocycles. The van der Waals surface area contributed by atoms with Crippen molar-refractivity contribution in [3.05, 3.63) is 0 Å². The summed E-state index contributed by atoms with van der Waals surface area (Å²) in [4.78, 5) is 18.3. The van der Waals surface area contributed by atoms with Crippen molar-refractivity contribution in [3.8, 4) is 0 Å². The number of aliphatic imine (C=N–C) groups is 1. The first kappa shape index (κ1) is 22.7. The minimum atomic E-state index is -0.0794. The van der Waals surface area contributed by atoms with Crippen LogP contribution in [0.2, 0.25) is 0 Å². The molecular formula is C19H38N4O3. The summed E-state index contributed by atoms with van der Waals surface area (Å²) < 4.78 is 10.3. The van der Waals surface area contributed by atoms with E-state index < -0.39 is 0 Å². The van der Waals surface area contributed by atoms with E-state index in [-0.39, 0.29) is 5.97 Å². The van der Waals surface area contributed by atoms with E-state index in [0.717, 1.165) is 90.5 Å². The molecule has 0 atom stereocenters. The largest absolute Gasteiger partial charge is 0.466 e. The van der Waals surface area contributed by atoms with Crippen molar-refractivity contribution >= 4 is 11.9 Å². The number of ether oxygens (including phenoxy) is 2. The van der Waals surface area contributed by atoms with Crippen LogP contribution in [-0.4, -0.2) is 75.9 Å². The topological polar surface area (TPSA) is 75.2 Å². The minimum Gasteiger partial charge on any atom is -0.466 e. The molecule has 0 aliphatic carbocycles. The number of esters is 1. The van der Waals surface area contributed by atoms with Crippen LogP contribution in [0.25, 0.3) is 0 Å². The van der Waals surface area contributed by atoms with Gasteiger partial charge in [0.15, 0.2) is 5.96 Å². The summed E-state index contributed by atoms with van der Waals surface area (Å²) in [6, 6.07) is 0. The van der Waals surface area contributed by atoms with E-state index >= 15 is 0 Å². The monoisotopic (exact) mass is 370 g/mol. The summed E-state index contributed by atoms with van der Waals surface area (Å²) >= 11 is 0. The maximum Gasteiger partial charge on any atom is 0.305 e. The predicted molar refractivity (Wildman–Crippen MR) is 106 cm³/mol. The molecule has 1 aliphatic heterocycles. The van der Waals surface area contributed by atoms with Crippen LogP contribution in [0.4, 0.5) is 0 Å². The molecule has 0 unspecified atom stereocenters. The zero-order valence-electron chi connectivity index (χ0n) is 16.7. The lowest BCUT2D eigenvalue weighted by molar-refractivity contribution is -0.143. The molecular weight excluding hydrogens is 332 g/mol. The standard InChI is InChI=1S/C19H38N4O3/c1-3-20-19(22-12-9-13-23-14-16-25-17-15-23)21-11-8-6-5-7-10-18(24)26-4-2/h3-17H2,1-2H3,(H2,20,21,22). The average Bonchev–Trinajstić information content (AvgIpc) is 2.65. The molecule has 0 bridgehead atoms. The second-order valence-electron chi connectivity index (χ2n) is 6.46. The summed E-state index contributed by atoms with van der Waals surface area (Å²) in [5.74, 6) is 0.824. The average molecular weight is 371 g/mol. The molecule has 26 heavy (non-hydrogen) atoms. The van der Waals surface area contributed by atoms with Gasteiger partial charge in [-0.25, -0.2) is 0 Å². The van der Waals surface area contributed by atoms with E-state index in [1.165, 1.54) is 0 Å². The highest BCUT2D eigenvalue weighted by Crippen LogP contribution is 2.03. The van der Waals surface area contributed by atoms with E-state index in [9.17, 15) is 4.79 Å². The number of hydrogen-bond donors (Lipinski definition) is 2. The van der Waals surface area contributed by atoms with Crippen LogP contribution in [0.5, 0.6) is 0 Å². The molecule has 1 rings (SSSR count). The lowest BCUT2D eigenvalue weighted by Gasteiger charge is -2.26. The first-order valence-electron chi connectivity index (χ1n) is 10.2. The third-order valence-electron chi connectivity index (χ3n) is 4.26. The molecule has 0 spiro atoms. The second kappa shape index (κ2) is 15.9. The Bertz CT molecular complexity index is 385. The number of rotatable bonds is 13. The molecule has 1 heterocycles. The predicted octanol–water partition coefficient (Wildman–Crippen LogP) is 1.78. The molecule has 2 N–H and O–H groups in total. The summed E-state index contributed by atoms with van der Waals surface area (Å²) in [5, 5.41) is 6.69. The fraction of sp³-hybridized carbons (Fsp3) is 0.895. The zero-order valence-corrected chi connectivity index (χ0v) is 16.7. The Kier molecular flexibility index (Phi) is 13.9. The lowest BCUT2D eigenvalue weighted by atomic mass is 10.1. The van der Waals surface area contributed by atoms with E-state index in [0.29, 0.717) is 13.0 Å². The first-order valence-corrected chi connectivity index (χ1v) is 10.2. The van der Waals surface area contributed by atoms with Gasteiger partial charge in [-0.2, -0.15) is 0 Å². The van der Waals surface area contributed by atoms with Crippen molar-refractivity contribution in [2.24, 2.45) is 4.99 Å². The maximum absolute atomic E-state index is 11.3. The van der Waals surface area contributed by atoms with Crippen LogP contribution in [-0.2, 0) is 14.3 Å². The molecule has 0 radical (unpaired) electrons. The van der Waals surface area contributed by atoms with Gasteiger partial charge in [-0.1, -0.05) is 12.8 Å². The first-order chi connectivity index (χ1) is 12.8. The smallest absolute Gasteiger partial charge is 0.305 e. The third-order valence-corrected chi connectivity index (χ3v) is 4.26. The van der Waals surface area contributed by atoms with Gasteiger partial charge in [-0.15, -0.1) is 0 Å². The van der Waals surface area contributed by atoms with Gasteiger partial charge >= 0.3 is 5.97 Å². The van der Waals surface area contributed by atoms with Crippen molar-refractivity contribution < 1.29 is 14.3 Å². The normalized spacial score (nSPS) is 15.7. The van der Waals surface area contributed by atoms with Crippen LogP contribution >= 0.6 is 0 Å². The van der Waals surface area contributed by atoms with Crippen molar-refractivity contribution in [1.29, 1.82) is 0 Å². The molecule has 7 nitrogen and oxygen atoms in total. The summed E-state index contributed by atoms with van der Waals surface area (Å²) in [7, 11) is 0. The van der Waals surface area contributed by atoms with Gasteiger partial charge < -0.3 is 20.1 Å². The van der Waals surface area contributed by atoms with Crippen molar-refractivity contribution in [3.63, 3.8) is 0 Å². The highest BCUT2D eigenvalue weighted by atomic mass is 16.5. The fourth-order valence-electron chi connectivity index (χ4n) is 2.84. The Morgan fingerprint density at radius 2 is 1.85 bits per heavy atom. The minimum absolute atomic E-state index is 0.0794. The van der Waals surface area contributed by atoms with Gasteiger partial charge in [-0.05, 0) is 33.1 Å². The lowest BCUT2D eigenvalue weighted by Crippen LogP contribution is -2.38. The number of unbranched alkanes of at least 4 members (excludes halogenated alkanes) is 3. The van der Waals surface area contributed by atoms with E-state index in [4.69, 9.17) is 9.47 Å². The van der Waals surface area contributed by atoms with Gasteiger partial charge in [0.05, 0.1) is 19.8 Å². The van der Waals surface area contributed by atoms with Crippen LogP contribution in [0.1, 0.15) is 52.4 Å². The third kappa shape index (κ3) is 12.1. The molecule has 0 aromatic rings. The SMILES string of the molecule is CCNC(=NCCCN1CCOCC1)NCCCCCCC(=O)OCC. The van der Waals surface area contributed by atoms with Crippen LogP contribution in [0.15, 0.2) is 4.99 Å². The molecule has 0 aromatic heterocycles. The molecule has 7 heteroatoms. The van der Waals surface area contributed by atoms with Crippen LogP contribution < -0.4 is 10.6 Å². The molecule has 1 fully saturated rings. The van der Waals surface area contributed by atoms with Gasteiger partial charge in [0, 0.05) is 45.7 Å². The number of carbonyl (C=O) groups excluding carboxylic acids is 1. The number of nitrogens with zero attached hydrogens (tertiary/aromatic N) is 2. The molecule has 0 aromatic carbocycles. The number of morpholine rings is 1. The van der Waals surface area contributed by atoms with Crippen LogP contribution in [0.3, 0.4) is 0 Å². The fourth-order valence-corrected chi connectivity index (χ4v) is 2.84. The van der Waals surface area contributed by atoms with Gasteiger partial charge in [0.25, 0.3) is 0 Å². The van der Waals surface area contributed by atoms with Crippen LogP contribution in [0, 0.1) is 0 Å². The highest BCUT2D eigenvalue weighted by Gasteiger charge is 2.09. The maximum atomic E-state index is 11.3. The molecule has 1 aliphatic rings. The Morgan fingerprint density at radius 3 is 2.58 bits per heavy atom. The second-order valence-corrected chi connectivity index (χ2v) is 6.46. The number of guanidine groups is 1. The quantitative estimate of drug-likeness (QED) is 0.223. The van der Waals surface area contributed by atoms with Gasteiger partial charge in [0.1, 0.15) is 0 Å². The number of nitrogens with one attached hydrogen (secondary N) is 2. The highest BCUT2D eigenvalue weighted by molar-refractivity contribution is 5.79. The number of carbonyl (C=O) groups is 1. The van der Waals surface area contributed by atoms with E-state index in [1.54, 1.807) is 0 Å². The van der Waals surface area contributed by atoms with Crippen molar-refractivity contribution in [2.75, 3.05) is 59.1 Å². The van der Waals surface area contributed by atoms with Crippen molar-refractivity contribution in [2.45, 2.75) is 52.4 Å².